The average molecular weight is 281 g/mol. The SMILES string of the molecule is c1c[nH]c(-c2nc3cnccn3c2NC2CCCCC2)c1. The lowest BCUT2D eigenvalue weighted by molar-refractivity contribution is 0.461. The van der Waals surface area contributed by atoms with E-state index in [-0.39, 0.29) is 0 Å². The predicted octanol–water partition coefficient (Wildman–Crippen LogP) is 3.47. The first kappa shape index (κ1) is 12.4. The van der Waals surface area contributed by atoms with Crippen molar-refractivity contribution >= 4 is 11.5 Å². The van der Waals surface area contributed by atoms with Gasteiger partial charge in [-0.1, -0.05) is 19.3 Å². The van der Waals surface area contributed by atoms with E-state index in [1.165, 1.54) is 32.1 Å². The van der Waals surface area contributed by atoms with Crippen LogP contribution in [0.5, 0.6) is 0 Å². The summed E-state index contributed by atoms with van der Waals surface area (Å²) in [5, 5.41) is 3.71. The second-order valence-electron chi connectivity index (χ2n) is 5.68. The second-order valence-corrected chi connectivity index (χ2v) is 5.68. The minimum atomic E-state index is 0.542. The van der Waals surface area contributed by atoms with E-state index in [0.29, 0.717) is 6.04 Å². The van der Waals surface area contributed by atoms with Crippen LogP contribution in [0.2, 0.25) is 0 Å². The van der Waals surface area contributed by atoms with Gasteiger partial charge in [0.1, 0.15) is 11.5 Å². The van der Waals surface area contributed by atoms with Gasteiger partial charge in [-0.3, -0.25) is 9.38 Å². The van der Waals surface area contributed by atoms with Crippen LogP contribution in [0, 0.1) is 0 Å². The van der Waals surface area contributed by atoms with E-state index in [1.807, 2.05) is 18.5 Å². The number of nitrogens with zero attached hydrogens (tertiary/aromatic N) is 3. The Bertz CT molecular complexity index is 722. The third-order valence-electron chi connectivity index (χ3n) is 4.23. The summed E-state index contributed by atoms with van der Waals surface area (Å²) in [6, 6.07) is 4.60. The van der Waals surface area contributed by atoms with Gasteiger partial charge in [0.15, 0.2) is 5.65 Å². The first-order valence-corrected chi connectivity index (χ1v) is 7.64. The zero-order valence-electron chi connectivity index (χ0n) is 11.9. The van der Waals surface area contributed by atoms with E-state index in [1.54, 1.807) is 12.4 Å². The summed E-state index contributed by atoms with van der Waals surface area (Å²) in [4.78, 5) is 12.2. The molecule has 1 aliphatic rings. The zero-order chi connectivity index (χ0) is 14.1. The van der Waals surface area contributed by atoms with Crippen LogP contribution in [0.3, 0.4) is 0 Å². The maximum atomic E-state index is 4.73. The van der Waals surface area contributed by atoms with Crippen molar-refractivity contribution in [3.05, 3.63) is 36.9 Å². The molecular formula is C16H19N5. The highest BCUT2D eigenvalue weighted by molar-refractivity contribution is 5.74. The van der Waals surface area contributed by atoms with Gasteiger partial charge in [-0.25, -0.2) is 4.98 Å². The van der Waals surface area contributed by atoms with Gasteiger partial charge in [-0.15, -0.1) is 0 Å². The molecule has 0 amide bonds. The molecule has 21 heavy (non-hydrogen) atoms. The summed E-state index contributed by atoms with van der Waals surface area (Å²) >= 11 is 0. The molecule has 0 unspecified atom stereocenters. The lowest BCUT2D eigenvalue weighted by atomic mass is 9.95. The van der Waals surface area contributed by atoms with Gasteiger partial charge in [-0.2, -0.15) is 0 Å². The number of anilines is 1. The monoisotopic (exact) mass is 281 g/mol. The molecule has 0 bridgehead atoms. The van der Waals surface area contributed by atoms with E-state index in [4.69, 9.17) is 4.98 Å². The van der Waals surface area contributed by atoms with Gasteiger partial charge in [0, 0.05) is 24.6 Å². The minimum Gasteiger partial charge on any atom is -0.367 e. The van der Waals surface area contributed by atoms with E-state index in [9.17, 15) is 0 Å². The fraction of sp³-hybridized carbons (Fsp3) is 0.375. The van der Waals surface area contributed by atoms with Crippen LogP contribution in [-0.4, -0.2) is 25.4 Å². The van der Waals surface area contributed by atoms with Gasteiger partial charge in [0.2, 0.25) is 0 Å². The first-order chi connectivity index (χ1) is 10.4. The number of hydrogen-bond donors (Lipinski definition) is 2. The third-order valence-corrected chi connectivity index (χ3v) is 4.23. The first-order valence-electron chi connectivity index (χ1n) is 7.64. The molecule has 5 heteroatoms. The Morgan fingerprint density at radius 1 is 1.24 bits per heavy atom. The van der Waals surface area contributed by atoms with Crippen molar-refractivity contribution in [3.8, 4) is 11.4 Å². The van der Waals surface area contributed by atoms with Crippen LogP contribution in [0.25, 0.3) is 17.0 Å². The Balaban J connectivity index is 1.78. The highest BCUT2D eigenvalue weighted by atomic mass is 15.2. The Hall–Kier alpha value is -2.30. The van der Waals surface area contributed by atoms with Crippen molar-refractivity contribution < 1.29 is 0 Å². The maximum Gasteiger partial charge on any atom is 0.157 e. The standard InChI is InChI=1S/C16H19N5/c1-2-5-12(6-3-1)19-16-15(13-7-4-8-18-13)20-14-11-17-9-10-21(14)16/h4,7-12,18-19H,1-3,5-6H2. The normalized spacial score (nSPS) is 16.4. The molecule has 108 valence electrons. The van der Waals surface area contributed by atoms with Gasteiger partial charge < -0.3 is 10.3 Å². The summed E-state index contributed by atoms with van der Waals surface area (Å²) < 4.78 is 2.10. The van der Waals surface area contributed by atoms with Crippen molar-refractivity contribution in [1.29, 1.82) is 0 Å². The minimum absolute atomic E-state index is 0.542. The van der Waals surface area contributed by atoms with Crippen molar-refractivity contribution in [3.63, 3.8) is 0 Å². The number of hydrogen-bond acceptors (Lipinski definition) is 3. The van der Waals surface area contributed by atoms with E-state index in [2.05, 4.69) is 25.8 Å². The third kappa shape index (κ3) is 2.28. The van der Waals surface area contributed by atoms with Crippen LogP contribution in [0.15, 0.2) is 36.9 Å². The molecule has 5 nitrogen and oxygen atoms in total. The molecule has 0 aliphatic heterocycles. The zero-order valence-corrected chi connectivity index (χ0v) is 11.9. The van der Waals surface area contributed by atoms with E-state index in [0.717, 1.165) is 22.9 Å². The summed E-state index contributed by atoms with van der Waals surface area (Å²) in [7, 11) is 0. The molecule has 0 aromatic carbocycles. The van der Waals surface area contributed by atoms with Gasteiger partial charge in [0.05, 0.1) is 11.9 Å². The molecule has 4 rings (SSSR count). The van der Waals surface area contributed by atoms with Gasteiger partial charge in [-0.05, 0) is 25.0 Å². The van der Waals surface area contributed by atoms with E-state index >= 15 is 0 Å². The quantitative estimate of drug-likeness (QED) is 0.773. The second kappa shape index (κ2) is 5.24. The molecular weight excluding hydrogens is 262 g/mol. The summed E-state index contributed by atoms with van der Waals surface area (Å²) in [5.41, 5.74) is 2.89. The largest absolute Gasteiger partial charge is 0.367 e. The molecule has 3 heterocycles. The highest BCUT2D eigenvalue weighted by Gasteiger charge is 2.19. The molecule has 1 saturated carbocycles. The maximum absolute atomic E-state index is 4.73. The summed E-state index contributed by atoms with van der Waals surface area (Å²) in [5.74, 6) is 1.07. The van der Waals surface area contributed by atoms with Crippen molar-refractivity contribution in [2.75, 3.05) is 5.32 Å². The van der Waals surface area contributed by atoms with E-state index < -0.39 is 0 Å². The topological polar surface area (TPSA) is 58.0 Å². The number of imidazole rings is 1. The van der Waals surface area contributed by atoms with Gasteiger partial charge >= 0.3 is 0 Å². The van der Waals surface area contributed by atoms with Crippen LogP contribution in [0.1, 0.15) is 32.1 Å². The Labute approximate surface area is 123 Å². The molecule has 0 saturated heterocycles. The number of aromatic amines is 1. The molecule has 2 N–H and O–H groups in total. The molecule has 1 aliphatic carbocycles. The van der Waals surface area contributed by atoms with Crippen molar-refractivity contribution in [1.82, 2.24) is 19.4 Å². The molecule has 0 atom stereocenters. The fourth-order valence-corrected chi connectivity index (χ4v) is 3.15. The Morgan fingerprint density at radius 3 is 2.95 bits per heavy atom. The average Bonchev–Trinajstić information content (AvgIpc) is 3.16. The smallest absolute Gasteiger partial charge is 0.157 e. The Morgan fingerprint density at radius 2 is 2.14 bits per heavy atom. The number of nitrogens with one attached hydrogen (secondary N) is 2. The molecule has 3 aromatic heterocycles. The Kier molecular flexibility index (Phi) is 3.10. The molecule has 0 spiro atoms. The van der Waals surface area contributed by atoms with Gasteiger partial charge in [0.25, 0.3) is 0 Å². The van der Waals surface area contributed by atoms with Crippen molar-refractivity contribution in [2.45, 2.75) is 38.1 Å². The predicted molar refractivity (Wildman–Crippen MR) is 83.3 cm³/mol. The number of H-pyrrole nitrogens is 1. The van der Waals surface area contributed by atoms with Crippen LogP contribution in [0.4, 0.5) is 5.82 Å². The van der Waals surface area contributed by atoms with Crippen molar-refractivity contribution in [2.24, 2.45) is 0 Å². The number of rotatable bonds is 3. The molecule has 0 radical (unpaired) electrons. The fourth-order valence-electron chi connectivity index (χ4n) is 3.15. The molecule has 3 aromatic rings. The van der Waals surface area contributed by atoms with Crippen LogP contribution < -0.4 is 5.32 Å². The van der Waals surface area contributed by atoms with Crippen LogP contribution >= 0.6 is 0 Å². The van der Waals surface area contributed by atoms with Crippen LogP contribution in [-0.2, 0) is 0 Å². The summed E-state index contributed by atoms with van der Waals surface area (Å²) in [6.45, 7) is 0. The summed E-state index contributed by atoms with van der Waals surface area (Å²) in [6.07, 6.45) is 14.0. The number of fused-ring (bicyclic) bond motifs is 1. The molecule has 1 fully saturated rings. The number of aromatic nitrogens is 4. The lowest BCUT2D eigenvalue weighted by Crippen LogP contribution is -2.23. The lowest BCUT2D eigenvalue weighted by Gasteiger charge is -2.24. The highest BCUT2D eigenvalue weighted by Crippen LogP contribution is 2.30.